The summed E-state index contributed by atoms with van der Waals surface area (Å²) >= 11 is 1.47. The Morgan fingerprint density at radius 3 is 2.54 bits per heavy atom. The SMILES string of the molecule is Cc1ccccc1NS(=O)(=O)c1cn(C(C)C)nc1-c1cccs1. The second-order valence-corrected chi connectivity index (χ2v) is 8.41. The fraction of sp³-hybridized carbons (Fsp3) is 0.235. The first-order valence-electron chi connectivity index (χ1n) is 7.60. The van der Waals surface area contributed by atoms with Crippen molar-refractivity contribution in [3.8, 4) is 10.6 Å². The number of para-hydroxylation sites is 1. The van der Waals surface area contributed by atoms with E-state index in [1.165, 1.54) is 11.3 Å². The molecule has 0 amide bonds. The van der Waals surface area contributed by atoms with Crippen molar-refractivity contribution in [2.45, 2.75) is 31.7 Å². The van der Waals surface area contributed by atoms with E-state index >= 15 is 0 Å². The Bertz CT molecular complexity index is 942. The van der Waals surface area contributed by atoms with E-state index in [9.17, 15) is 8.42 Å². The molecule has 0 spiro atoms. The van der Waals surface area contributed by atoms with Gasteiger partial charge in [0.1, 0.15) is 10.6 Å². The van der Waals surface area contributed by atoms with Crippen LogP contribution in [0.2, 0.25) is 0 Å². The first kappa shape index (κ1) is 16.7. The van der Waals surface area contributed by atoms with Crippen LogP contribution in [-0.2, 0) is 10.0 Å². The van der Waals surface area contributed by atoms with Crippen molar-refractivity contribution in [3.05, 3.63) is 53.5 Å². The highest BCUT2D eigenvalue weighted by Crippen LogP contribution is 2.32. The average Bonchev–Trinajstić information content (AvgIpc) is 3.18. The van der Waals surface area contributed by atoms with E-state index < -0.39 is 10.0 Å². The molecule has 2 aromatic heterocycles. The normalized spacial score (nSPS) is 11.8. The van der Waals surface area contributed by atoms with E-state index in [2.05, 4.69) is 9.82 Å². The first-order chi connectivity index (χ1) is 11.4. The van der Waals surface area contributed by atoms with Gasteiger partial charge in [-0.3, -0.25) is 9.40 Å². The fourth-order valence-corrected chi connectivity index (χ4v) is 4.38. The Hall–Kier alpha value is -2.12. The van der Waals surface area contributed by atoms with Gasteiger partial charge in [0.05, 0.1) is 10.6 Å². The van der Waals surface area contributed by atoms with Gasteiger partial charge in [0.15, 0.2) is 0 Å². The summed E-state index contributed by atoms with van der Waals surface area (Å²) < 4.78 is 30.3. The molecule has 3 rings (SSSR count). The first-order valence-corrected chi connectivity index (χ1v) is 9.96. The molecule has 1 aromatic carbocycles. The molecule has 0 atom stereocenters. The summed E-state index contributed by atoms with van der Waals surface area (Å²) in [5, 5.41) is 6.40. The lowest BCUT2D eigenvalue weighted by Crippen LogP contribution is -2.14. The minimum Gasteiger partial charge on any atom is -0.279 e. The van der Waals surface area contributed by atoms with E-state index in [1.807, 2.05) is 56.5 Å². The number of sulfonamides is 1. The van der Waals surface area contributed by atoms with Crippen LogP contribution in [0.3, 0.4) is 0 Å². The maximum Gasteiger partial charge on any atom is 0.265 e. The zero-order chi connectivity index (χ0) is 17.3. The van der Waals surface area contributed by atoms with Gasteiger partial charge in [-0.15, -0.1) is 11.3 Å². The Kier molecular flexibility index (Phi) is 4.47. The predicted molar refractivity (Wildman–Crippen MR) is 97.9 cm³/mol. The van der Waals surface area contributed by atoms with Crippen molar-refractivity contribution >= 4 is 27.0 Å². The molecule has 0 unspecified atom stereocenters. The van der Waals surface area contributed by atoms with Crippen molar-refractivity contribution in [3.63, 3.8) is 0 Å². The van der Waals surface area contributed by atoms with Crippen LogP contribution in [0, 0.1) is 6.92 Å². The number of nitrogens with zero attached hydrogens (tertiary/aromatic N) is 2. The Balaban J connectivity index is 2.09. The summed E-state index contributed by atoms with van der Waals surface area (Å²) in [6.45, 7) is 5.81. The van der Waals surface area contributed by atoms with Crippen molar-refractivity contribution in [1.82, 2.24) is 9.78 Å². The summed E-state index contributed by atoms with van der Waals surface area (Å²) in [4.78, 5) is 1.03. The minimum atomic E-state index is -3.73. The highest BCUT2D eigenvalue weighted by molar-refractivity contribution is 7.92. The summed E-state index contributed by atoms with van der Waals surface area (Å²) in [7, 11) is -3.73. The molecule has 0 radical (unpaired) electrons. The molecule has 0 aliphatic heterocycles. The lowest BCUT2D eigenvalue weighted by atomic mass is 10.2. The molecule has 126 valence electrons. The van der Waals surface area contributed by atoms with Gasteiger partial charge in [-0.1, -0.05) is 24.3 Å². The number of rotatable bonds is 5. The summed E-state index contributed by atoms with van der Waals surface area (Å²) in [5.41, 5.74) is 1.93. The van der Waals surface area contributed by atoms with E-state index in [0.717, 1.165) is 10.4 Å². The number of aryl methyl sites for hydroxylation is 1. The van der Waals surface area contributed by atoms with Gasteiger partial charge in [0.25, 0.3) is 10.0 Å². The number of nitrogens with one attached hydrogen (secondary N) is 1. The van der Waals surface area contributed by atoms with Crippen LogP contribution in [0.15, 0.2) is 52.9 Å². The molecular weight excluding hydrogens is 342 g/mol. The molecule has 0 saturated heterocycles. The topological polar surface area (TPSA) is 64.0 Å². The quantitative estimate of drug-likeness (QED) is 0.737. The zero-order valence-electron chi connectivity index (χ0n) is 13.7. The van der Waals surface area contributed by atoms with E-state index in [1.54, 1.807) is 16.9 Å². The smallest absolute Gasteiger partial charge is 0.265 e. The fourth-order valence-electron chi connectivity index (χ4n) is 2.31. The molecule has 0 saturated carbocycles. The highest BCUT2D eigenvalue weighted by atomic mass is 32.2. The molecule has 0 bridgehead atoms. The molecule has 0 aliphatic rings. The monoisotopic (exact) mass is 361 g/mol. The van der Waals surface area contributed by atoms with Crippen LogP contribution in [0.25, 0.3) is 10.6 Å². The second kappa shape index (κ2) is 6.41. The van der Waals surface area contributed by atoms with Gasteiger partial charge in [0, 0.05) is 12.2 Å². The van der Waals surface area contributed by atoms with Crippen LogP contribution in [-0.4, -0.2) is 18.2 Å². The summed E-state index contributed by atoms with van der Waals surface area (Å²) in [5.74, 6) is 0. The van der Waals surface area contributed by atoms with E-state index in [-0.39, 0.29) is 10.9 Å². The molecule has 2 heterocycles. The van der Waals surface area contributed by atoms with E-state index in [0.29, 0.717) is 11.4 Å². The van der Waals surface area contributed by atoms with Gasteiger partial charge < -0.3 is 0 Å². The third-order valence-electron chi connectivity index (χ3n) is 3.66. The molecule has 0 fully saturated rings. The van der Waals surface area contributed by atoms with Crippen LogP contribution in [0.1, 0.15) is 25.5 Å². The lowest BCUT2D eigenvalue weighted by Gasteiger charge is -2.10. The van der Waals surface area contributed by atoms with Gasteiger partial charge >= 0.3 is 0 Å². The minimum absolute atomic E-state index is 0.0751. The van der Waals surface area contributed by atoms with E-state index in [4.69, 9.17) is 0 Å². The molecule has 3 aromatic rings. The Labute approximate surface area is 146 Å². The average molecular weight is 361 g/mol. The van der Waals surface area contributed by atoms with Crippen LogP contribution < -0.4 is 4.72 Å². The van der Waals surface area contributed by atoms with Gasteiger partial charge in [-0.25, -0.2) is 8.42 Å². The number of thiophene rings is 1. The summed E-state index contributed by atoms with van der Waals surface area (Å²) in [6, 6.07) is 11.2. The molecule has 7 heteroatoms. The zero-order valence-corrected chi connectivity index (χ0v) is 15.4. The predicted octanol–water partition coefficient (Wildman–Crippen LogP) is 4.30. The van der Waals surface area contributed by atoms with Gasteiger partial charge in [-0.2, -0.15) is 5.10 Å². The van der Waals surface area contributed by atoms with Crippen LogP contribution in [0.4, 0.5) is 5.69 Å². The second-order valence-electron chi connectivity index (χ2n) is 5.81. The van der Waals surface area contributed by atoms with Crippen LogP contribution in [0.5, 0.6) is 0 Å². The number of hydrogen-bond donors (Lipinski definition) is 1. The Morgan fingerprint density at radius 1 is 1.17 bits per heavy atom. The third kappa shape index (κ3) is 3.22. The number of anilines is 1. The standard InChI is InChI=1S/C17H19N3O2S2/c1-12(2)20-11-16(17(18-20)15-9-6-10-23-15)24(21,22)19-14-8-5-4-7-13(14)3/h4-12,19H,1-3H3. The van der Waals surface area contributed by atoms with Gasteiger partial charge in [0.2, 0.25) is 0 Å². The van der Waals surface area contributed by atoms with Gasteiger partial charge in [-0.05, 0) is 43.8 Å². The molecular formula is C17H19N3O2S2. The summed E-state index contributed by atoms with van der Waals surface area (Å²) in [6.07, 6.45) is 1.60. The lowest BCUT2D eigenvalue weighted by molar-refractivity contribution is 0.532. The largest absolute Gasteiger partial charge is 0.279 e. The van der Waals surface area contributed by atoms with Crippen molar-refractivity contribution in [1.29, 1.82) is 0 Å². The molecule has 24 heavy (non-hydrogen) atoms. The molecule has 5 nitrogen and oxygen atoms in total. The van der Waals surface area contributed by atoms with Crippen molar-refractivity contribution < 1.29 is 8.42 Å². The Morgan fingerprint density at radius 2 is 1.92 bits per heavy atom. The maximum atomic E-state index is 12.9. The molecule has 1 N–H and O–H groups in total. The van der Waals surface area contributed by atoms with Crippen molar-refractivity contribution in [2.75, 3.05) is 4.72 Å². The van der Waals surface area contributed by atoms with Crippen molar-refractivity contribution in [2.24, 2.45) is 0 Å². The number of benzene rings is 1. The number of aromatic nitrogens is 2. The number of hydrogen-bond acceptors (Lipinski definition) is 4. The van der Waals surface area contributed by atoms with Crippen LogP contribution >= 0.6 is 11.3 Å². The maximum absolute atomic E-state index is 12.9. The highest BCUT2D eigenvalue weighted by Gasteiger charge is 2.25. The third-order valence-corrected chi connectivity index (χ3v) is 5.90. The molecule has 0 aliphatic carbocycles.